The van der Waals surface area contributed by atoms with E-state index >= 15 is 0 Å². The summed E-state index contributed by atoms with van der Waals surface area (Å²) in [5, 5.41) is 3.47. The number of nitrogens with zero attached hydrogens (tertiary/aromatic N) is 1. The number of H-pyrrole nitrogens is 1. The number of ether oxygens (including phenoxy) is 1. The summed E-state index contributed by atoms with van der Waals surface area (Å²) in [4.78, 5) is 7.87. The Morgan fingerprint density at radius 2 is 2.12 bits per heavy atom. The topological polar surface area (TPSA) is 49.9 Å². The molecule has 2 fully saturated rings. The zero-order valence-electron chi connectivity index (χ0n) is 9.54. The second-order valence-electron chi connectivity index (χ2n) is 4.83. The quantitative estimate of drug-likeness (QED) is 0.811. The smallest absolute Gasteiger partial charge is 0.120 e. The van der Waals surface area contributed by atoms with Crippen LogP contribution in [-0.2, 0) is 11.3 Å². The molecule has 0 aromatic carbocycles. The normalized spacial score (nSPS) is 22.5. The molecule has 0 radical (unpaired) electrons. The minimum absolute atomic E-state index is 0.621. The first-order valence-corrected chi connectivity index (χ1v) is 6.27. The molecule has 16 heavy (non-hydrogen) atoms. The molecule has 1 aliphatic carbocycles. The molecule has 0 bridgehead atoms. The van der Waals surface area contributed by atoms with Crippen LogP contribution in [0.2, 0.25) is 0 Å². The number of imidazole rings is 1. The second-order valence-corrected chi connectivity index (χ2v) is 4.83. The van der Waals surface area contributed by atoms with Gasteiger partial charge in [0.05, 0.1) is 6.54 Å². The molecule has 1 aromatic heterocycles. The number of rotatable bonds is 4. The SMILES string of the molecule is c1nc(CNC2CC2)[nH]c1C1CCOCC1. The summed E-state index contributed by atoms with van der Waals surface area (Å²) in [6.07, 6.45) is 6.90. The van der Waals surface area contributed by atoms with Gasteiger partial charge in [0.2, 0.25) is 0 Å². The highest BCUT2D eigenvalue weighted by Gasteiger charge is 2.21. The van der Waals surface area contributed by atoms with Gasteiger partial charge in [0.15, 0.2) is 0 Å². The number of aromatic nitrogens is 2. The third-order valence-electron chi connectivity index (χ3n) is 3.44. The molecule has 4 nitrogen and oxygen atoms in total. The number of nitrogens with one attached hydrogen (secondary N) is 2. The highest BCUT2D eigenvalue weighted by Crippen LogP contribution is 2.25. The molecule has 0 atom stereocenters. The fraction of sp³-hybridized carbons (Fsp3) is 0.750. The van der Waals surface area contributed by atoms with E-state index in [2.05, 4.69) is 15.3 Å². The second kappa shape index (κ2) is 4.55. The van der Waals surface area contributed by atoms with Gasteiger partial charge >= 0.3 is 0 Å². The van der Waals surface area contributed by atoms with Crippen LogP contribution in [0.5, 0.6) is 0 Å². The van der Waals surface area contributed by atoms with Crippen molar-refractivity contribution in [2.45, 2.75) is 44.2 Å². The minimum Gasteiger partial charge on any atom is -0.381 e. The Kier molecular flexibility index (Phi) is 2.93. The van der Waals surface area contributed by atoms with Crippen molar-refractivity contribution in [3.8, 4) is 0 Å². The van der Waals surface area contributed by atoms with E-state index in [1.165, 1.54) is 18.5 Å². The van der Waals surface area contributed by atoms with Gasteiger partial charge in [-0.3, -0.25) is 0 Å². The van der Waals surface area contributed by atoms with E-state index in [4.69, 9.17) is 4.74 Å². The van der Waals surface area contributed by atoms with Crippen LogP contribution in [0.1, 0.15) is 43.1 Å². The van der Waals surface area contributed by atoms with Gasteiger partial charge in [0.1, 0.15) is 5.82 Å². The molecule has 2 N–H and O–H groups in total. The van der Waals surface area contributed by atoms with Gasteiger partial charge in [-0.2, -0.15) is 0 Å². The van der Waals surface area contributed by atoms with Crippen molar-refractivity contribution >= 4 is 0 Å². The van der Waals surface area contributed by atoms with Gasteiger partial charge in [-0.15, -0.1) is 0 Å². The standard InChI is InChI=1S/C12H19N3O/c1-2-10(1)13-8-12-14-7-11(15-12)9-3-5-16-6-4-9/h7,9-10,13H,1-6,8H2,(H,14,15). The van der Waals surface area contributed by atoms with Gasteiger partial charge in [-0.25, -0.2) is 4.98 Å². The van der Waals surface area contributed by atoms with Crippen LogP contribution in [-0.4, -0.2) is 29.2 Å². The van der Waals surface area contributed by atoms with Crippen LogP contribution in [0.3, 0.4) is 0 Å². The fourth-order valence-electron chi connectivity index (χ4n) is 2.21. The van der Waals surface area contributed by atoms with Gasteiger partial charge in [0, 0.05) is 37.1 Å². The molecule has 2 aliphatic rings. The molecule has 2 heterocycles. The first-order chi connectivity index (χ1) is 7.92. The first kappa shape index (κ1) is 10.3. The third-order valence-corrected chi connectivity index (χ3v) is 3.44. The van der Waals surface area contributed by atoms with Gasteiger partial charge in [-0.05, 0) is 25.7 Å². The van der Waals surface area contributed by atoms with Crippen molar-refractivity contribution in [3.63, 3.8) is 0 Å². The van der Waals surface area contributed by atoms with Crippen molar-refractivity contribution in [3.05, 3.63) is 17.7 Å². The molecule has 0 unspecified atom stereocenters. The highest BCUT2D eigenvalue weighted by molar-refractivity contribution is 5.08. The fourth-order valence-corrected chi connectivity index (χ4v) is 2.21. The van der Waals surface area contributed by atoms with E-state index in [-0.39, 0.29) is 0 Å². The maximum absolute atomic E-state index is 5.37. The summed E-state index contributed by atoms with van der Waals surface area (Å²) < 4.78 is 5.37. The summed E-state index contributed by atoms with van der Waals surface area (Å²) in [5.41, 5.74) is 1.29. The molecule has 1 saturated heterocycles. The predicted molar refractivity (Wildman–Crippen MR) is 61.2 cm³/mol. The number of hydrogen-bond donors (Lipinski definition) is 2. The molecule has 3 rings (SSSR count). The van der Waals surface area contributed by atoms with Crippen molar-refractivity contribution < 1.29 is 4.74 Å². The van der Waals surface area contributed by atoms with E-state index in [0.717, 1.165) is 44.5 Å². The molecule has 0 spiro atoms. The summed E-state index contributed by atoms with van der Waals surface area (Å²) in [5.74, 6) is 1.70. The first-order valence-electron chi connectivity index (χ1n) is 6.27. The Labute approximate surface area is 95.8 Å². The molecule has 0 amide bonds. The van der Waals surface area contributed by atoms with Crippen LogP contribution >= 0.6 is 0 Å². The minimum atomic E-state index is 0.621. The molecule has 4 heteroatoms. The van der Waals surface area contributed by atoms with Gasteiger partial charge in [-0.1, -0.05) is 0 Å². The Balaban J connectivity index is 1.57. The van der Waals surface area contributed by atoms with E-state index in [1.807, 2.05) is 6.20 Å². The predicted octanol–water partition coefficient (Wildman–Crippen LogP) is 1.56. The van der Waals surface area contributed by atoms with Crippen LogP contribution < -0.4 is 5.32 Å². The Morgan fingerprint density at radius 3 is 2.88 bits per heavy atom. The monoisotopic (exact) mass is 221 g/mol. The molecule has 88 valence electrons. The third kappa shape index (κ3) is 2.44. The highest BCUT2D eigenvalue weighted by atomic mass is 16.5. The summed E-state index contributed by atoms with van der Waals surface area (Å²) in [7, 11) is 0. The maximum Gasteiger partial charge on any atom is 0.120 e. The molecule has 1 saturated carbocycles. The van der Waals surface area contributed by atoms with Gasteiger partial charge in [0.25, 0.3) is 0 Å². The molecule has 1 aliphatic heterocycles. The lowest BCUT2D eigenvalue weighted by atomic mass is 9.97. The summed E-state index contributed by atoms with van der Waals surface area (Å²) >= 11 is 0. The van der Waals surface area contributed by atoms with Crippen molar-refractivity contribution in [2.24, 2.45) is 0 Å². The summed E-state index contributed by atoms with van der Waals surface area (Å²) in [6, 6.07) is 0.747. The average Bonchev–Trinajstić information content (AvgIpc) is 3.05. The number of hydrogen-bond acceptors (Lipinski definition) is 3. The molecular formula is C12H19N3O. The zero-order chi connectivity index (χ0) is 10.8. The molecule has 1 aromatic rings. The Bertz CT molecular complexity index is 340. The van der Waals surface area contributed by atoms with Crippen molar-refractivity contribution in [1.82, 2.24) is 15.3 Å². The zero-order valence-corrected chi connectivity index (χ0v) is 9.54. The Morgan fingerprint density at radius 1 is 1.31 bits per heavy atom. The van der Waals surface area contributed by atoms with Crippen molar-refractivity contribution in [2.75, 3.05) is 13.2 Å². The van der Waals surface area contributed by atoms with E-state index in [0.29, 0.717) is 5.92 Å². The lowest BCUT2D eigenvalue weighted by Crippen LogP contribution is -2.17. The largest absolute Gasteiger partial charge is 0.381 e. The molecular weight excluding hydrogens is 202 g/mol. The van der Waals surface area contributed by atoms with E-state index in [1.54, 1.807) is 0 Å². The van der Waals surface area contributed by atoms with E-state index in [9.17, 15) is 0 Å². The average molecular weight is 221 g/mol. The van der Waals surface area contributed by atoms with Crippen LogP contribution in [0.25, 0.3) is 0 Å². The van der Waals surface area contributed by atoms with Gasteiger partial charge < -0.3 is 15.0 Å². The summed E-state index contributed by atoms with van der Waals surface area (Å²) in [6.45, 7) is 2.66. The maximum atomic E-state index is 5.37. The van der Waals surface area contributed by atoms with Crippen molar-refractivity contribution in [1.29, 1.82) is 0 Å². The van der Waals surface area contributed by atoms with Crippen LogP contribution in [0.15, 0.2) is 6.20 Å². The van der Waals surface area contributed by atoms with Crippen LogP contribution in [0.4, 0.5) is 0 Å². The number of aromatic amines is 1. The Hall–Kier alpha value is -0.870. The van der Waals surface area contributed by atoms with E-state index < -0.39 is 0 Å². The van der Waals surface area contributed by atoms with Crippen LogP contribution in [0, 0.1) is 0 Å². The lowest BCUT2D eigenvalue weighted by molar-refractivity contribution is 0.0845. The lowest BCUT2D eigenvalue weighted by Gasteiger charge is -2.20.